The van der Waals surface area contributed by atoms with Crippen molar-refractivity contribution in [3.8, 4) is 10.6 Å². The summed E-state index contributed by atoms with van der Waals surface area (Å²) in [6.07, 6.45) is 0. The number of thioether (sulfide) groups is 1. The second-order valence-electron chi connectivity index (χ2n) is 5.68. The third-order valence-corrected chi connectivity index (χ3v) is 5.62. The van der Waals surface area contributed by atoms with Gasteiger partial charge in [-0.15, -0.1) is 23.1 Å². The zero-order valence-electron chi connectivity index (χ0n) is 14.5. The number of carbonyl (C=O) groups is 1. The number of para-hydroxylation sites is 1. The predicted octanol–water partition coefficient (Wildman–Crippen LogP) is 4.86. The summed E-state index contributed by atoms with van der Waals surface area (Å²) in [6, 6.07) is 14.4. The Hall–Kier alpha value is -2.71. The summed E-state index contributed by atoms with van der Waals surface area (Å²) in [7, 11) is 0. The van der Waals surface area contributed by atoms with Crippen LogP contribution in [0.2, 0.25) is 0 Å². The first-order valence-electron chi connectivity index (χ1n) is 8.06. The Morgan fingerprint density at radius 1 is 1.22 bits per heavy atom. The molecule has 0 atom stereocenters. The maximum Gasteiger partial charge on any atom is 0.316 e. The van der Waals surface area contributed by atoms with Crippen LogP contribution in [0.25, 0.3) is 10.6 Å². The number of ether oxygens (including phenoxy) is 1. The second kappa shape index (κ2) is 8.79. The van der Waals surface area contributed by atoms with E-state index in [4.69, 9.17) is 4.74 Å². The van der Waals surface area contributed by atoms with Crippen LogP contribution in [0.1, 0.15) is 11.3 Å². The average molecular weight is 400 g/mol. The Morgan fingerprint density at radius 2 is 1.96 bits per heavy atom. The molecule has 0 radical (unpaired) electrons. The zero-order valence-corrected chi connectivity index (χ0v) is 16.1. The van der Waals surface area contributed by atoms with Crippen LogP contribution in [-0.4, -0.2) is 21.6 Å². The number of benzene rings is 2. The van der Waals surface area contributed by atoms with Gasteiger partial charge in [-0.1, -0.05) is 42.0 Å². The fourth-order valence-electron chi connectivity index (χ4n) is 2.26. The summed E-state index contributed by atoms with van der Waals surface area (Å²) < 4.78 is 5.23. The summed E-state index contributed by atoms with van der Waals surface area (Å²) in [6.45, 7) is 2.11. The predicted molar refractivity (Wildman–Crippen MR) is 106 cm³/mol. The van der Waals surface area contributed by atoms with Crippen LogP contribution in [0.4, 0.5) is 5.69 Å². The molecule has 8 heteroatoms. The van der Waals surface area contributed by atoms with Crippen LogP contribution in [-0.2, 0) is 16.1 Å². The lowest BCUT2D eigenvalue weighted by atomic mass is 10.2. The first kappa shape index (κ1) is 19.1. The highest BCUT2D eigenvalue weighted by molar-refractivity contribution is 8.00. The van der Waals surface area contributed by atoms with Gasteiger partial charge in [-0.05, 0) is 13.0 Å². The summed E-state index contributed by atoms with van der Waals surface area (Å²) in [5.41, 5.74) is 2.87. The van der Waals surface area contributed by atoms with E-state index >= 15 is 0 Å². The largest absolute Gasteiger partial charge is 0.459 e. The van der Waals surface area contributed by atoms with Crippen molar-refractivity contribution in [2.45, 2.75) is 18.4 Å². The van der Waals surface area contributed by atoms with E-state index in [-0.39, 0.29) is 18.0 Å². The van der Waals surface area contributed by atoms with E-state index in [0.717, 1.165) is 22.3 Å². The summed E-state index contributed by atoms with van der Waals surface area (Å²) in [5, 5.41) is 13.7. The van der Waals surface area contributed by atoms with Gasteiger partial charge in [0.2, 0.25) is 0 Å². The van der Waals surface area contributed by atoms with Crippen LogP contribution in [0.5, 0.6) is 0 Å². The molecule has 0 aliphatic heterocycles. The number of nitrogens with zero attached hydrogens (tertiary/aromatic N) is 2. The number of nitro groups is 1. The number of hydrogen-bond donors (Lipinski definition) is 0. The molecule has 3 aromatic rings. The molecule has 0 unspecified atom stereocenters. The number of rotatable bonds is 7. The summed E-state index contributed by atoms with van der Waals surface area (Å²) in [4.78, 5) is 27.4. The molecule has 0 spiro atoms. The molecule has 2 aromatic carbocycles. The molecule has 3 rings (SSSR count). The van der Waals surface area contributed by atoms with E-state index < -0.39 is 10.9 Å². The fourth-order valence-corrected chi connectivity index (χ4v) is 3.90. The van der Waals surface area contributed by atoms with E-state index in [0.29, 0.717) is 10.6 Å². The molecular weight excluding hydrogens is 384 g/mol. The topological polar surface area (TPSA) is 82.3 Å². The first-order chi connectivity index (χ1) is 13.0. The summed E-state index contributed by atoms with van der Waals surface area (Å²) in [5.74, 6) is -0.442. The van der Waals surface area contributed by atoms with Gasteiger partial charge in [0, 0.05) is 17.0 Å². The van der Waals surface area contributed by atoms with Gasteiger partial charge in [0.15, 0.2) is 0 Å². The molecular formula is C19H16N2O4S2. The van der Waals surface area contributed by atoms with Crippen molar-refractivity contribution in [3.05, 3.63) is 75.3 Å². The third kappa shape index (κ3) is 5.15. The van der Waals surface area contributed by atoms with Gasteiger partial charge >= 0.3 is 5.97 Å². The lowest BCUT2D eigenvalue weighted by molar-refractivity contribution is -0.387. The fraction of sp³-hybridized carbons (Fsp3) is 0.158. The molecule has 0 saturated carbocycles. The first-order valence-corrected chi connectivity index (χ1v) is 9.93. The SMILES string of the molecule is Cc1ccc(-c2nc(COC(=O)CSc3ccccc3[N+](=O)[O-])cs2)cc1. The maximum absolute atomic E-state index is 11.9. The van der Waals surface area contributed by atoms with Crippen LogP contribution in [0, 0.1) is 17.0 Å². The molecule has 0 aliphatic rings. The number of aryl methyl sites for hydroxylation is 1. The molecule has 0 fully saturated rings. The number of nitro benzene ring substituents is 1. The number of thiazole rings is 1. The monoisotopic (exact) mass is 400 g/mol. The minimum absolute atomic E-state index is 0.000189. The summed E-state index contributed by atoms with van der Waals surface area (Å²) >= 11 is 2.58. The highest BCUT2D eigenvalue weighted by atomic mass is 32.2. The smallest absolute Gasteiger partial charge is 0.316 e. The normalized spacial score (nSPS) is 10.6. The Balaban J connectivity index is 1.53. The number of carbonyl (C=O) groups excluding carboxylic acids is 1. The molecule has 6 nitrogen and oxygen atoms in total. The van der Waals surface area contributed by atoms with Gasteiger partial charge in [-0.25, -0.2) is 4.98 Å². The Labute approximate surface area is 164 Å². The molecule has 138 valence electrons. The van der Waals surface area contributed by atoms with Crippen molar-refractivity contribution in [3.63, 3.8) is 0 Å². The van der Waals surface area contributed by atoms with Gasteiger partial charge in [0.25, 0.3) is 5.69 Å². The molecule has 0 amide bonds. The molecule has 0 bridgehead atoms. The van der Waals surface area contributed by atoms with Crippen LogP contribution >= 0.6 is 23.1 Å². The van der Waals surface area contributed by atoms with Gasteiger partial charge < -0.3 is 4.74 Å². The molecule has 0 saturated heterocycles. The van der Waals surface area contributed by atoms with Gasteiger partial charge in [-0.2, -0.15) is 0 Å². The van der Waals surface area contributed by atoms with Crippen LogP contribution in [0.15, 0.2) is 58.8 Å². The van der Waals surface area contributed by atoms with Crippen molar-refractivity contribution in [1.82, 2.24) is 4.98 Å². The van der Waals surface area contributed by atoms with E-state index in [1.165, 1.54) is 23.0 Å². The van der Waals surface area contributed by atoms with Crippen LogP contribution < -0.4 is 0 Å². The zero-order chi connectivity index (χ0) is 19.2. The van der Waals surface area contributed by atoms with Crippen molar-refractivity contribution >= 4 is 34.8 Å². The van der Waals surface area contributed by atoms with Gasteiger partial charge in [0.1, 0.15) is 11.6 Å². The molecule has 27 heavy (non-hydrogen) atoms. The Bertz CT molecular complexity index is 954. The van der Waals surface area contributed by atoms with Gasteiger partial charge in [-0.3, -0.25) is 14.9 Å². The van der Waals surface area contributed by atoms with Crippen molar-refractivity contribution in [1.29, 1.82) is 0 Å². The minimum Gasteiger partial charge on any atom is -0.459 e. The van der Waals surface area contributed by atoms with Crippen LogP contribution in [0.3, 0.4) is 0 Å². The quantitative estimate of drug-likeness (QED) is 0.244. The van der Waals surface area contributed by atoms with E-state index in [1.807, 2.05) is 36.6 Å². The van der Waals surface area contributed by atoms with E-state index in [2.05, 4.69) is 4.98 Å². The number of hydrogen-bond acceptors (Lipinski definition) is 7. The molecule has 0 aliphatic carbocycles. The standard InChI is InChI=1S/C19H16N2O4S2/c1-13-6-8-14(9-7-13)19-20-15(11-27-19)10-25-18(22)12-26-17-5-3-2-4-16(17)21(23)24/h2-9,11H,10,12H2,1H3. The minimum atomic E-state index is -0.463. The van der Waals surface area contributed by atoms with Crippen molar-refractivity contribution < 1.29 is 14.5 Å². The Morgan fingerprint density at radius 3 is 2.70 bits per heavy atom. The number of esters is 1. The second-order valence-corrected chi connectivity index (χ2v) is 7.56. The number of aromatic nitrogens is 1. The highest BCUT2D eigenvalue weighted by Crippen LogP contribution is 2.29. The lowest BCUT2D eigenvalue weighted by Gasteiger charge is -2.04. The van der Waals surface area contributed by atoms with E-state index in [1.54, 1.807) is 18.2 Å². The Kier molecular flexibility index (Phi) is 6.20. The third-order valence-electron chi connectivity index (χ3n) is 3.64. The molecule has 0 N–H and O–H groups in total. The van der Waals surface area contributed by atoms with Crippen molar-refractivity contribution in [2.24, 2.45) is 0 Å². The highest BCUT2D eigenvalue weighted by Gasteiger charge is 2.15. The van der Waals surface area contributed by atoms with Crippen molar-refractivity contribution in [2.75, 3.05) is 5.75 Å². The molecule has 1 heterocycles. The van der Waals surface area contributed by atoms with E-state index in [9.17, 15) is 14.9 Å². The van der Waals surface area contributed by atoms with Gasteiger partial charge in [0.05, 0.1) is 21.3 Å². The lowest BCUT2D eigenvalue weighted by Crippen LogP contribution is -2.07. The molecule has 1 aromatic heterocycles. The maximum atomic E-state index is 11.9. The average Bonchev–Trinajstić information content (AvgIpc) is 3.14.